The molecule has 0 bridgehead atoms. The highest BCUT2D eigenvalue weighted by molar-refractivity contribution is 5.96. The molecule has 1 aliphatic carbocycles. The highest BCUT2D eigenvalue weighted by atomic mass is 16.5. The van der Waals surface area contributed by atoms with Crippen LogP contribution in [0.15, 0.2) is 42.0 Å². The van der Waals surface area contributed by atoms with E-state index >= 15 is 0 Å². The number of ether oxygens (including phenoxy) is 5. The van der Waals surface area contributed by atoms with Gasteiger partial charge in [-0.05, 0) is 61.2 Å². The van der Waals surface area contributed by atoms with Crippen LogP contribution in [0.4, 0.5) is 0 Å². The van der Waals surface area contributed by atoms with Crippen molar-refractivity contribution in [2.24, 2.45) is 0 Å². The summed E-state index contributed by atoms with van der Waals surface area (Å²) in [6.07, 6.45) is 0.953. The lowest BCUT2D eigenvalue weighted by Crippen LogP contribution is -2.57. The molecule has 2 aliphatic heterocycles. The summed E-state index contributed by atoms with van der Waals surface area (Å²) in [5.74, 6) is 0.282. The Morgan fingerprint density at radius 1 is 1.11 bits per heavy atom. The number of hydrogen-bond donors (Lipinski definition) is 3. The summed E-state index contributed by atoms with van der Waals surface area (Å²) in [6, 6.07) is 7.57. The first-order chi connectivity index (χ1) is 21.3. The second-order valence-corrected chi connectivity index (χ2v) is 10.9. The lowest BCUT2D eigenvalue weighted by atomic mass is 9.77. The van der Waals surface area contributed by atoms with Crippen molar-refractivity contribution in [2.45, 2.75) is 49.5 Å². The van der Waals surface area contributed by atoms with E-state index in [0.717, 1.165) is 12.0 Å². The Hall–Kier alpha value is -4.13. The van der Waals surface area contributed by atoms with Gasteiger partial charge >= 0.3 is 0 Å². The van der Waals surface area contributed by atoms with Crippen molar-refractivity contribution >= 4 is 18.1 Å². The number of aliphatic hydroxyl groups excluding tert-OH is 2. The second kappa shape index (κ2) is 13.7. The molecule has 2 aromatic rings. The second-order valence-electron chi connectivity index (χ2n) is 10.9. The van der Waals surface area contributed by atoms with E-state index in [1.807, 2.05) is 6.07 Å². The molecule has 5 rings (SSSR count). The molecule has 2 heterocycles. The van der Waals surface area contributed by atoms with Crippen molar-refractivity contribution in [3.63, 3.8) is 0 Å². The van der Waals surface area contributed by atoms with Crippen LogP contribution in [0.5, 0.6) is 23.0 Å². The Balaban J connectivity index is 1.57. The van der Waals surface area contributed by atoms with E-state index in [9.17, 15) is 24.6 Å². The SMILES string of the molecule is COc1ccc(OC)c(CCN(C(=O)C2CCCO2)[C@@H]2C=C(C(=O)NCCO)[C@@H]3c4cc(C=O)cc(OC)c4O[C@@H]3[C@H]2O)c1. The van der Waals surface area contributed by atoms with Crippen molar-refractivity contribution in [1.82, 2.24) is 10.2 Å². The van der Waals surface area contributed by atoms with Crippen molar-refractivity contribution in [1.29, 1.82) is 0 Å². The van der Waals surface area contributed by atoms with Gasteiger partial charge in [0.15, 0.2) is 11.5 Å². The molecule has 12 nitrogen and oxygen atoms in total. The Bertz CT molecular complexity index is 1420. The van der Waals surface area contributed by atoms with Gasteiger partial charge in [0.05, 0.1) is 39.9 Å². The van der Waals surface area contributed by atoms with Crippen LogP contribution in [0, 0.1) is 0 Å². The van der Waals surface area contributed by atoms with Crippen molar-refractivity contribution < 1.29 is 48.3 Å². The average molecular weight is 611 g/mol. The van der Waals surface area contributed by atoms with E-state index in [1.165, 1.54) is 18.1 Å². The molecule has 0 saturated carbocycles. The molecule has 3 N–H and O–H groups in total. The molecular weight excluding hydrogens is 572 g/mol. The number of aldehydes is 1. The van der Waals surface area contributed by atoms with Gasteiger partial charge in [0.25, 0.3) is 5.91 Å². The average Bonchev–Trinajstić information content (AvgIpc) is 3.73. The van der Waals surface area contributed by atoms with Gasteiger partial charge in [-0.15, -0.1) is 0 Å². The summed E-state index contributed by atoms with van der Waals surface area (Å²) < 4.78 is 28.5. The van der Waals surface area contributed by atoms with Crippen LogP contribution in [0.1, 0.15) is 40.2 Å². The van der Waals surface area contributed by atoms with Crippen LogP contribution in [0.25, 0.3) is 0 Å². The highest BCUT2D eigenvalue weighted by Crippen LogP contribution is 2.51. The summed E-state index contributed by atoms with van der Waals surface area (Å²) in [6.45, 7) is 0.338. The number of methoxy groups -OCH3 is 3. The molecule has 44 heavy (non-hydrogen) atoms. The summed E-state index contributed by atoms with van der Waals surface area (Å²) >= 11 is 0. The number of nitrogens with one attached hydrogen (secondary N) is 1. The van der Waals surface area contributed by atoms with Crippen LogP contribution in [-0.4, -0.2) is 105 Å². The molecule has 0 radical (unpaired) electrons. The van der Waals surface area contributed by atoms with Crippen molar-refractivity contribution in [2.75, 3.05) is 47.6 Å². The van der Waals surface area contributed by atoms with E-state index in [4.69, 9.17) is 23.7 Å². The van der Waals surface area contributed by atoms with Crippen molar-refractivity contribution in [3.8, 4) is 23.0 Å². The normalized spacial score (nSPS) is 23.5. The fraction of sp³-hybridized carbons (Fsp3) is 0.469. The molecule has 1 saturated heterocycles. The van der Waals surface area contributed by atoms with E-state index in [1.54, 1.807) is 38.5 Å². The van der Waals surface area contributed by atoms with E-state index in [-0.39, 0.29) is 36.9 Å². The van der Waals surface area contributed by atoms with Gasteiger partial charge in [-0.3, -0.25) is 14.4 Å². The van der Waals surface area contributed by atoms with Gasteiger partial charge in [0, 0.05) is 36.4 Å². The maximum absolute atomic E-state index is 14.0. The Kier molecular flexibility index (Phi) is 9.72. The van der Waals surface area contributed by atoms with Gasteiger partial charge in [-0.25, -0.2) is 0 Å². The fourth-order valence-electron chi connectivity index (χ4n) is 6.24. The van der Waals surface area contributed by atoms with Gasteiger partial charge in [-0.1, -0.05) is 0 Å². The van der Waals surface area contributed by atoms with Gasteiger partial charge in [-0.2, -0.15) is 0 Å². The third kappa shape index (κ3) is 5.97. The summed E-state index contributed by atoms with van der Waals surface area (Å²) in [5, 5.41) is 24.0. The number of aliphatic hydroxyl groups is 2. The standard InChI is InChI=1S/C32H38N2O10/c1-40-20-6-7-24(41-2)19(15-20)8-10-34(32(39)25-5-4-12-43-25)23-16-22(31(38)33-9-11-35)27-21-13-18(17-36)14-26(42-3)29(21)44-30(27)28(23)37/h6-7,13-17,23,25,27-28,30,35,37H,4-5,8-12H2,1-3H3,(H,33,38)/t23-,25?,27+,28+,30+/m1/s1. The number of nitrogens with zero attached hydrogens (tertiary/aromatic N) is 1. The van der Waals surface area contributed by atoms with Gasteiger partial charge < -0.3 is 44.1 Å². The van der Waals surface area contributed by atoms with Gasteiger partial charge in [0.2, 0.25) is 5.91 Å². The first-order valence-electron chi connectivity index (χ1n) is 14.6. The van der Waals surface area contributed by atoms with Crippen LogP contribution in [0.2, 0.25) is 0 Å². The molecule has 2 amide bonds. The van der Waals surface area contributed by atoms with Gasteiger partial charge in [0.1, 0.15) is 36.1 Å². The van der Waals surface area contributed by atoms with E-state index in [0.29, 0.717) is 54.1 Å². The number of hydrogen-bond acceptors (Lipinski definition) is 10. The number of amides is 2. The zero-order chi connectivity index (χ0) is 31.4. The Morgan fingerprint density at radius 2 is 1.91 bits per heavy atom. The number of carbonyl (C=O) groups is 3. The molecule has 236 valence electrons. The molecule has 0 spiro atoms. The minimum atomic E-state index is -1.26. The summed E-state index contributed by atoms with van der Waals surface area (Å²) in [5.41, 5.74) is 1.86. The van der Waals surface area contributed by atoms with Crippen LogP contribution < -0.4 is 24.3 Å². The molecule has 5 atom stereocenters. The Labute approximate surface area is 255 Å². The molecule has 3 aliphatic rings. The maximum Gasteiger partial charge on any atom is 0.252 e. The first kappa shape index (κ1) is 31.3. The molecule has 1 fully saturated rings. The van der Waals surface area contributed by atoms with Crippen LogP contribution >= 0.6 is 0 Å². The topological polar surface area (TPSA) is 153 Å². The number of rotatable bonds is 12. The molecular formula is C32H38N2O10. The number of carbonyl (C=O) groups excluding carboxylic acids is 3. The van der Waals surface area contributed by atoms with Crippen LogP contribution in [-0.2, 0) is 20.7 Å². The zero-order valence-electron chi connectivity index (χ0n) is 25.0. The minimum Gasteiger partial charge on any atom is -0.497 e. The molecule has 2 aromatic carbocycles. The summed E-state index contributed by atoms with van der Waals surface area (Å²) in [7, 11) is 4.56. The van der Waals surface area contributed by atoms with E-state index < -0.39 is 36.2 Å². The van der Waals surface area contributed by atoms with Crippen molar-refractivity contribution in [3.05, 3.63) is 58.7 Å². The highest BCUT2D eigenvalue weighted by Gasteiger charge is 2.52. The smallest absolute Gasteiger partial charge is 0.252 e. The largest absolute Gasteiger partial charge is 0.497 e. The predicted octanol–water partition coefficient (Wildman–Crippen LogP) is 1.40. The zero-order valence-corrected chi connectivity index (χ0v) is 25.0. The first-order valence-corrected chi connectivity index (χ1v) is 14.6. The fourth-order valence-corrected chi connectivity index (χ4v) is 6.24. The van der Waals surface area contributed by atoms with E-state index in [2.05, 4.69) is 5.32 Å². The third-order valence-corrected chi connectivity index (χ3v) is 8.37. The lowest BCUT2D eigenvalue weighted by molar-refractivity contribution is -0.146. The Morgan fingerprint density at radius 3 is 2.57 bits per heavy atom. The molecule has 0 aromatic heterocycles. The third-order valence-electron chi connectivity index (χ3n) is 8.37. The number of fused-ring (bicyclic) bond motifs is 3. The minimum absolute atomic E-state index is 0.000384. The molecule has 1 unspecified atom stereocenters. The number of benzene rings is 2. The molecule has 12 heteroatoms. The van der Waals surface area contributed by atoms with Crippen LogP contribution in [0.3, 0.4) is 0 Å². The monoisotopic (exact) mass is 610 g/mol. The summed E-state index contributed by atoms with van der Waals surface area (Å²) in [4.78, 5) is 40.8. The quantitative estimate of drug-likeness (QED) is 0.301. The maximum atomic E-state index is 14.0. The predicted molar refractivity (Wildman–Crippen MR) is 157 cm³/mol. The lowest BCUT2D eigenvalue weighted by Gasteiger charge is -2.41.